The van der Waals surface area contributed by atoms with Gasteiger partial charge in [-0.05, 0) is 31.5 Å². The molecule has 0 unspecified atom stereocenters. The molecule has 0 bridgehead atoms. The van der Waals surface area contributed by atoms with E-state index >= 15 is 0 Å². The highest BCUT2D eigenvalue weighted by molar-refractivity contribution is 5.10. The molecule has 0 saturated carbocycles. The monoisotopic (exact) mass is 239 g/mol. The van der Waals surface area contributed by atoms with E-state index in [0.29, 0.717) is 13.1 Å². The molecular formula is C13H22FN3. The Morgan fingerprint density at radius 2 is 2.00 bits per heavy atom. The van der Waals surface area contributed by atoms with Crippen molar-refractivity contribution in [3.63, 3.8) is 0 Å². The molecule has 0 fully saturated rings. The van der Waals surface area contributed by atoms with Crippen LogP contribution < -0.4 is 5.73 Å². The van der Waals surface area contributed by atoms with Gasteiger partial charge in [0, 0.05) is 24.8 Å². The van der Waals surface area contributed by atoms with Crippen LogP contribution in [0.1, 0.15) is 32.3 Å². The Bertz CT molecular complexity index is 342. The van der Waals surface area contributed by atoms with Crippen LogP contribution in [0.3, 0.4) is 0 Å². The highest BCUT2D eigenvalue weighted by atomic mass is 19.1. The van der Waals surface area contributed by atoms with Gasteiger partial charge >= 0.3 is 0 Å². The highest BCUT2D eigenvalue weighted by Crippen LogP contribution is 2.23. The van der Waals surface area contributed by atoms with E-state index in [1.165, 1.54) is 12.3 Å². The van der Waals surface area contributed by atoms with Gasteiger partial charge in [0.25, 0.3) is 0 Å². The van der Waals surface area contributed by atoms with Crippen molar-refractivity contribution in [2.24, 2.45) is 5.73 Å². The predicted octanol–water partition coefficient (Wildman–Crippen LogP) is 2.17. The molecule has 1 rings (SSSR count). The Labute approximate surface area is 103 Å². The predicted molar refractivity (Wildman–Crippen MR) is 68.0 cm³/mol. The lowest BCUT2D eigenvalue weighted by atomic mass is 9.91. The van der Waals surface area contributed by atoms with Crippen molar-refractivity contribution < 1.29 is 4.39 Å². The molecule has 0 aliphatic rings. The number of nitrogens with zero attached hydrogens (tertiary/aromatic N) is 2. The number of likely N-dealkylation sites (N-methyl/N-ethyl adjacent to an activating group) is 1. The quantitative estimate of drug-likeness (QED) is 0.827. The molecule has 0 aromatic carbocycles. The van der Waals surface area contributed by atoms with E-state index in [2.05, 4.69) is 23.7 Å². The first-order chi connectivity index (χ1) is 8.07. The summed E-state index contributed by atoms with van der Waals surface area (Å²) in [6.07, 6.45) is 4.89. The Hall–Kier alpha value is -1.00. The average Bonchev–Trinajstić information content (AvgIpc) is 2.32. The van der Waals surface area contributed by atoms with Crippen molar-refractivity contribution >= 4 is 0 Å². The largest absolute Gasteiger partial charge is 0.329 e. The number of aromatic nitrogens is 1. The maximum absolute atomic E-state index is 13.1. The molecule has 1 heterocycles. The molecule has 4 heteroatoms. The summed E-state index contributed by atoms with van der Waals surface area (Å²) < 4.78 is 13.1. The summed E-state index contributed by atoms with van der Waals surface area (Å²) in [7, 11) is 2.03. The van der Waals surface area contributed by atoms with E-state index in [1.54, 1.807) is 6.20 Å². The third-order valence-electron chi connectivity index (χ3n) is 3.69. The summed E-state index contributed by atoms with van der Waals surface area (Å²) in [5, 5.41) is 0. The molecule has 0 saturated heterocycles. The number of halogens is 1. The van der Waals surface area contributed by atoms with E-state index in [9.17, 15) is 4.39 Å². The second kappa shape index (κ2) is 6.07. The molecule has 0 spiro atoms. The minimum atomic E-state index is -0.290. The zero-order valence-corrected chi connectivity index (χ0v) is 10.9. The van der Waals surface area contributed by atoms with Crippen molar-refractivity contribution in [1.29, 1.82) is 0 Å². The van der Waals surface area contributed by atoms with E-state index in [0.717, 1.165) is 18.4 Å². The molecule has 0 aliphatic heterocycles. The Kier molecular flexibility index (Phi) is 5.02. The van der Waals surface area contributed by atoms with E-state index < -0.39 is 0 Å². The van der Waals surface area contributed by atoms with Gasteiger partial charge in [0.05, 0.1) is 6.20 Å². The maximum atomic E-state index is 13.1. The highest BCUT2D eigenvalue weighted by Gasteiger charge is 2.29. The summed E-state index contributed by atoms with van der Waals surface area (Å²) in [5.74, 6) is -0.290. The molecule has 0 aliphatic carbocycles. The van der Waals surface area contributed by atoms with Gasteiger partial charge in [-0.25, -0.2) is 4.39 Å². The normalized spacial score (nSPS) is 12.1. The fourth-order valence-electron chi connectivity index (χ4n) is 2.22. The van der Waals surface area contributed by atoms with Crippen LogP contribution in [0.5, 0.6) is 0 Å². The molecule has 0 atom stereocenters. The Morgan fingerprint density at radius 1 is 1.35 bits per heavy atom. The van der Waals surface area contributed by atoms with Crippen LogP contribution in [-0.4, -0.2) is 29.0 Å². The van der Waals surface area contributed by atoms with Crippen LogP contribution in [0.15, 0.2) is 18.5 Å². The number of pyridine rings is 1. The minimum Gasteiger partial charge on any atom is -0.329 e. The van der Waals surface area contributed by atoms with Crippen LogP contribution in [0.25, 0.3) is 0 Å². The lowest BCUT2D eigenvalue weighted by Gasteiger charge is -2.40. The van der Waals surface area contributed by atoms with Crippen molar-refractivity contribution in [3.8, 4) is 0 Å². The molecule has 3 nitrogen and oxygen atoms in total. The van der Waals surface area contributed by atoms with Gasteiger partial charge in [-0.2, -0.15) is 0 Å². The molecule has 17 heavy (non-hydrogen) atoms. The van der Waals surface area contributed by atoms with Crippen molar-refractivity contribution in [2.75, 3.05) is 13.6 Å². The zero-order valence-electron chi connectivity index (χ0n) is 10.9. The standard InChI is InChI=1S/C13H22FN3/c1-4-13(5-2,10-15)17(3)9-11-6-12(14)8-16-7-11/h6-8H,4-5,9-10,15H2,1-3H3. The summed E-state index contributed by atoms with van der Waals surface area (Å²) in [6.45, 7) is 5.55. The second-order valence-electron chi connectivity index (χ2n) is 4.50. The van der Waals surface area contributed by atoms with Crippen molar-refractivity contribution in [1.82, 2.24) is 9.88 Å². The van der Waals surface area contributed by atoms with Gasteiger partial charge in [0.1, 0.15) is 5.82 Å². The van der Waals surface area contributed by atoms with Crippen LogP contribution in [0, 0.1) is 5.82 Å². The number of nitrogens with two attached hydrogens (primary N) is 1. The van der Waals surface area contributed by atoms with E-state index in [-0.39, 0.29) is 11.4 Å². The number of hydrogen-bond donors (Lipinski definition) is 1. The zero-order chi connectivity index (χ0) is 12.9. The summed E-state index contributed by atoms with van der Waals surface area (Å²) >= 11 is 0. The molecule has 2 N–H and O–H groups in total. The molecule has 0 radical (unpaired) electrons. The van der Waals surface area contributed by atoms with Gasteiger partial charge in [-0.1, -0.05) is 13.8 Å². The lowest BCUT2D eigenvalue weighted by molar-refractivity contribution is 0.108. The summed E-state index contributed by atoms with van der Waals surface area (Å²) in [4.78, 5) is 6.06. The molecular weight excluding hydrogens is 217 g/mol. The van der Waals surface area contributed by atoms with Gasteiger partial charge in [0.2, 0.25) is 0 Å². The van der Waals surface area contributed by atoms with Gasteiger partial charge in [0.15, 0.2) is 0 Å². The van der Waals surface area contributed by atoms with Gasteiger partial charge < -0.3 is 5.73 Å². The molecule has 0 amide bonds. The second-order valence-corrected chi connectivity index (χ2v) is 4.50. The van der Waals surface area contributed by atoms with Gasteiger partial charge in [-0.15, -0.1) is 0 Å². The first kappa shape index (κ1) is 14.1. The van der Waals surface area contributed by atoms with Crippen LogP contribution >= 0.6 is 0 Å². The summed E-state index contributed by atoms with van der Waals surface area (Å²) in [5.41, 5.74) is 6.76. The minimum absolute atomic E-state index is 0.00762. The molecule has 1 aromatic rings. The third-order valence-corrected chi connectivity index (χ3v) is 3.69. The fraction of sp³-hybridized carbons (Fsp3) is 0.615. The van der Waals surface area contributed by atoms with Crippen molar-refractivity contribution in [3.05, 3.63) is 29.8 Å². The van der Waals surface area contributed by atoms with Crippen molar-refractivity contribution in [2.45, 2.75) is 38.8 Å². The Morgan fingerprint density at radius 3 is 2.47 bits per heavy atom. The molecule has 1 aromatic heterocycles. The van der Waals surface area contributed by atoms with E-state index in [4.69, 9.17) is 5.73 Å². The fourth-order valence-corrected chi connectivity index (χ4v) is 2.22. The molecule has 96 valence electrons. The first-order valence-electron chi connectivity index (χ1n) is 6.08. The smallest absolute Gasteiger partial charge is 0.141 e. The maximum Gasteiger partial charge on any atom is 0.141 e. The third kappa shape index (κ3) is 3.23. The van der Waals surface area contributed by atoms with Crippen LogP contribution in [-0.2, 0) is 6.54 Å². The lowest BCUT2D eigenvalue weighted by Crippen LogP contribution is -2.50. The topological polar surface area (TPSA) is 42.1 Å². The summed E-state index contributed by atoms with van der Waals surface area (Å²) in [6, 6.07) is 1.52. The SMILES string of the molecule is CCC(CC)(CN)N(C)Cc1cncc(F)c1. The number of hydrogen-bond acceptors (Lipinski definition) is 3. The van der Waals surface area contributed by atoms with Crippen LogP contribution in [0.2, 0.25) is 0 Å². The number of rotatable bonds is 6. The van der Waals surface area contributed by atoms with Crippen LogP contribution in [0.4, 0.5) is 4.39 Å². The Balaban J connectivity index is 2.80. The van der Waals surface area contributed by atoms with E-state index in [1.807, 2.05) is 7.05 Å². The first-order valence-corrected chi connectivity index (χ1v) is 6.08. The van der Waals surface area contributed by atoms with Gasteiger partial charge in [-0.3, -0.25) is 9.88 Å². The average molecular weight is 239 g/mol.